The molecular formula is C9H14O2. The molecule has 62 valence electrons. The zero-order valence-corrected chi connectivity index (χ0v) is 7.09. The van der Waals surface area contributed by atoms with Crippen LogP contribution in [0.3, 0.4) is 0 Å². The Balaban J connectivity index is 3.30. The van der Waals surface area contributed by atoms with E-state index in [-0.39, 0.29) is 6.29 Å². The lowest BCUT2D eigenvalue weighted by Crippen LogP contribution is -2.12. The van der Waals surface area contributed by atoms with E-state index in [1.54, 1.807) is 0 Å². The minimum Gasteiger partial charge on any atom is -0.353 e. The van der Waals surface area contributed by atoms with Crippen LogP contribution in [0.15, 0.2) is 12.7 Å². The second-order valence-corrected chi connectivity index (χ2v) is 1.86. The van der Waals surface area contributed by atoms with E-state index in [0.717, 1.165) is 0 Å². The molecule has 1 atom stereocenters. The smallest absolute Gasteiger partial charge is 0.156 e. The maximum atomic E-state index is 5.14. The summed E-state index contributed by atoms with van der Waals surface area (Å²) in [6.45, 7) is 8.28. The molecule has 0 aromatic carbocycles. The molecule has 0 bridgehead atoms. The van der Waals surface area contributed by atoms with Crippen molar-refractivity contribution in [3.05, 3.63) is 12.7 Å². The molecule has 0 heterocycles. The van der Waals surface area contributed by atoms with Crippen LogP contribution in [0.5, 0.6) is 0 Å². The first-order chi connectivity index (χ1) is 5.31. The maximum absolute atomic E-state index is 5.14. The minimum absolute atomic E-state index is 0.167. The highest BCUT2D eigenvalue weighted by molar-refractivity contribution is 5.12. The van der Waals surface area contributed by atoms with Crippen molar-refractivity contribution in [1.82, 2.24) is 0 Å². The predicted molar refractivity (Wildman–Crippen MR) is 45.0 cm³/mol. The molecule has 0 rings (SSSR count). The molecule has 0 amide bonds. The van der Waals surface area contributed by atoms with Gasteiger partial charge in [-0.25, -0.2) is 0 Å². The number of allylic oxidation sites excluding steroid dienone is 1. The average Bonchev–Trinajstić information content (AvgIpc) is 1.99. The fourth-order valence-electron chi connectivity index (χ4n) is 0.556. The monoisotopic (exact) mass is 154 g/mol. The molecule has 11 heavy (non-hydrogen) atoms. The summed E-state index contributed by atoms with van der Waals surface area (Å²) in [6.07, 6.45) is 1.37. The number of ether oxygens (including phenoxy) is 2. The van der Waals surface area contributed by atoms with E-state index in [9.17, 15) is 0 Å². The number of hydrogen-bond acceptors (Lipinski definition) is 2. The first-order valence-electron chi connectivity index (χ1n) is 3.63. The topological polar surface area (TPSA) is 18.5 Å². The lowest BCUT2D eigenvalue weighted by Gasteiger charge is -2.09. The van der Waals surface area contributed by atoms with Crippen LogP contribution in [0.1, 0.15) is 13.8 Å². The zero-order chi connectivity index (χ0) is 8.53. The Kier molecular flexibility index (Phi) is 6.81. The number of hydrogen-bond donors (Lipinski definition) is 0. The van der Waals surface area contributed by atoms with Crippen LogP contribution in [0.25, 0.3) is 0 Å². The van der Waals surface area contributed by atoms with E-state index in [4.69, 9.17) is 9.47 Å². The van der Waals surface area contributed by atoms with Crippen LogP contribution in [0.4, 0.5) is 0 Å². The third-order valence-corrected chi connectivity index (χ3v) is 0.996. The first-order valence-corrected chi connectivity index (χ1v) is 3.63. The maximum Gasteiger partial charge on any atom is 0.156 e. The van der Waals surface area contributed by atoms with Crippen molar-refractivity contribution in [2.45, 2.75) is 20.1 Å². The lowest BCUT2D eigenvalue weighted by molar-refractivity contribution is -0.117. The second-order valence-electron chi connectivity index (χ2n) is 1.86. The minimum atomic E-state index is -0.167. The van der Waals surface area contributed by atoms with Gasteiger partial charge in [0.2, 0.25) is 0 Å². The fourth-order valence-corrected chi connectivity index (χ4v) is 0.556. The van der Waals surface area contributed by atoms with Crippen LogP contribution < -0.4 is 0 Å². The molecule has 0 fully saturated rings. The summed E-state index contributed by atoms with van der Waals surface area (Å²) in [4.78, 5) is 0. The summed E-state index contributed by atoms with van der Waals surface area (Å²) in [6, 6.07) is 0. The summed E-state index contributed by atoms with van der Waals surface area (Å²) >= 11 is 0. The fraction of sp³-hybridized carbons (Fsp3) is 0.556. The highest BCUT2D eigenvalue weighted by Crippen LogP contribution is 1.90. The van der Waals surface area contributed by atoms with E-state index in [1.165, 1.54) is 6.08 Å². The second kappa shape index (κ2) is 7.33. The molecule has 0 aliphatic rings. The van der Waals surface area contributed by atoms with E-state index in [0.29, 0.717) is 13.2 Å². The molecule has 0 aromatic rings. The summed E-state index contributed by atoms with van der Waals surface area (Å²) < 4.78 is 10.2. The van der Waals surface area contributed by atoms with Crippen LogP contribution >= 0.6 is 0 Å². The Morgan fingerprint density at radius 2 is 2.27 bits per heavy atom. The van der Waals surface area contributed by atoms with Gasteiger partial charge in [0.1, 0.15) is 6.61 Å². The summed E-state index contributed by atoms with van der Waals surface area (Å²) in [5, 5.41) is 0. The van der Waals surface area contributed by atoms with Crippen LogP contribution in [0, 0.1) is 11.8 Å². The first kappa shape index (κ1) is 10.2. The van der Waals surface area contributed by atoms with Crippen molar-refractivity contribution < 1.29 is 9.47 Å². The molecule has 0 spiro atoms. The molecule has 0 saturated heterocycles. The molecule has 0 aliphatic heterocycles. The predicted octanol–water partition coefficient (Wildman–Crippen LogP) is 1.57. The van der Waals surface area contributed by atoms with Gasteiger partial charge in [-0.15, -0.1) is 0 Å². The van der Waals surface area contributed by atoms with Gasteiger partial charge in [0.15, 0.2) is 6.29 Å². The molecule has 2 nitrogen and oxygen atoms in total. The van der Waals surface area contributed by atoms with Crippen molar-refractivity contribution in [1.29, 1.82) is 0 Å². The molecule has 0 N–H and O–H groups in total. The molecule has 0 aromatic heterocycles. The lowest BCUT2D eigenvalue weighted by atomic mass is 10.6. The quantitative estimate of drug-likeness (QED) is 0.452. The van der Waals surface area contributed by atoms with E-state index in [2.05, 4.69) is 18.4 Å². The molecule has 0 aliphatic carbocycles. The Bertz CT molecular complexity index is 153. The van der Waals surface area contributed by atoms with E-state index < -0.39 is 0 Å². The van der Waals surface area contributed by atoms with Gasteiger partial charge in [-0.1, -0.05) is 18.4 Å². The van der Waals surface area contributed by atoms with E-state index in [1.807, 2.05) is 13.8 Å². The normalized spacial score (nSPS) is 11.5. The Labute approximate surface area is 68.2 Å². The molecule has 0 saturated carbocycles. The standard InChI is InChI=1S/C9H14O2/c1-4-6-7-8-11-9(3)10-5-2/h4,9H,1,5,8H2,2-3H3. The van der Waals surface area contributed by atoms with Gasteiger partial charge < -0.3 is 9.47 Å². The Morgan fingerprint density at radius 3 is 2.82 bits per heavy atom. The summed E-state index contributed by atoms with van der Waals surface area (Å²) in [5.41, 5.74) is 0. The average molecular weight is 154 g/mol. The van der Waals surface area contributed by atoms with Crippen molar-refractivity contribution in [2.75, 3.05) is 13.2 Å². The molecular weight excluding hydrogens is 140 g/mol. The van der Waals surface area contributed by atoms with Gasteiger partial charge in [0.05, 0.1) is 0 Å². The van der Waals surface area contributed by atoms with E-state index >= 15 is 0 Å². The third kappa shape index (κ3) is 7.11. The number of rotatable bonds is 4. The molecule has 2 heteroatoms. The highest BCUT2D eigenvalue weighted by Gasteiger charge is 1.96. The van der Waals surface area contributed by atoms with Crippen LogP contribution in [0.2, 0.25) is 0 Å². The van der Waals surface area contributed by atoms with Crippen molar-refractivity contribution in [3.8, 4) is 11.8 Å². The van der Waals surface area contributed by atoms with Crippen molar-refractivity contribution in [2.24, 2.45) is 0 Å². The third-order valence-electron chi connectivity index (χ3n) is 0.996. The van der Waals surface area contributed by atoms with Gasteiger partial charge >= 0.3 is 0 Å². The Morgan fingerprint density at radius 1 is 1.55 bits per heavy atom. The molecule has 1 unspecified atom stereocenters. The summed E-state index contributed by atoms with van der Waals surface area (Å²) in [5.74, 6) is 5.43. The Hall–Kier alpha value is -0.780. The van der Waals surface area contributed by atoms with Gasteiger partial charge in [-0.3, -0.25) is 0 Å². The van der Waals surface area contributed by atoms with Crippen molar-refractivity contribution in [3.63, 3.8) is 0 Å². The molecule has 0 radical (unpaired) electrons. The highest BCUT2D eigenvalue weighted by atomic mass is 16.7. The van der Waals surface area contributed by atoms with Gasteiger partial charge in [-0.2, -0.15) is 0 Å². The van der Waals surface area contributed by atoms with Crippen LogP contribution in [-0.2, 0) is 9.47 Å². The van der Waals surface area contributed by atoms with Crippen LogP contribution in [-0.4, -0.2) is 19.5 Å². The van der Waals surface area contributed by atoms with Crippen molar-refractivity contribution >= 4 is 0 Å². The van der Waals surface area contributed by atoms with Gasteiger partial charge in [-0.05, 0) is 19.9 Å². The summed E-state index contributed by atoms with van der Waals surface area (Å²) in [7, 11) is 0. The van der Waals surface area contributed by atoms with Gasteiger partial charge in [0.25, 0.3) is 0 Å². The largest absolute Gasteiger partial charge is 0.353 e. The SMILES string of the molecule is C=CC#CCOC(C)OCC. The zero-order valence-electron chi connectivity index (χ0n) is 7.09. The van der Waals surface area contributed by atoms with Gasteiger partial charge in [0, 0.05) is 6.61 Å².